The molecule has 0 saturated heterocycles. The Bertz CT molecular complexity index is 1640. The van der Waals surface area contributed by atoms with Gasteiger partial charge in [-0.25, -0.2) is 4.98 Å². The molecule has 1 aliphatic heterocycles. The molecular weight excluding hydrogens is 531 g/mol. The molecule has 0 radical (unpaired) electrons. The zero-order valence-corrected chi connectivity index (χ0v) is 21.6. The van der Waals surface area contributed by atoms with Gasteiger partial charge in [-0.1, -0.05) is 6.07 Å². The topological polar surface area (TPSA) is 99.7 Å². The van der Waals surface area contributed by atoms with Crippen molar-refractivity contribution >= 4 is 29.1 Å². The summed E-state index contributed by atoms with van der Waals surface area (Å²) in [6.45, 7) is 2.10. The second kappa shape index (κ2) is 10.0. The second-order valence-corrected chi connectivity index (χ2v) is 9.23. The Balaban J connectivity index is 1.66. The molecule has 39 heavy (non-hydrogen) atoms. The van der Waals surface area contributed by atoms with Crippen molar-refractivity contribution in [3.8, 4) is 28.6 Å². The van der Waals surface area contributed by atoms with E-state index in [9.17, 15) is 23.2 Å². The number of aromatic nitrogens is 4. The van der Waals surface area contributed by atoms with Crippen molar-refractivity contribution in [2.24, 2.45) is 7.05 Å². The molecule has 1 amide bonds. The van der Waals surface area contributed by atoms with Crippen LogP contribution in [-0.2, 0) is 25.6 Å². The van der Waals surface area contributed by atoms with Crippen molar-refractivity contribution in [1.82, 2.24) is 19.7 Å². The highest BCUT2D eigenvalue weighted by Gasteiger charge is 2.41. The Hall–Kier alpha value is -4.43. The lowest BCUT2D eigenvalue weighted by atomic mass is 9.97. The second-order valence-electron chi connectivity index (χ2n) is 8.96. The highest BCUT2D eigenvalue weighted by atomic mass is 35.5. The van der Waals surface area contributed by atoms with Crippen molar-refractivity contribution in [1.29, 1.82) is 5.26 Å². The molecule has 2 aromatic carbocycles. The van der Waals surface area contributed by atoms with Gasteiger partial charge >= 0.3 is 6.18 Å². The molecule has 0 spiro atoms. The SMILES string of the molecule is CCNc1cc(-c2ccc(C#N)cc2-c2nncn2C)cc(N2Cc3c(cc(CCl)cc3C(F)(F)F)C2=O)n1. The summed E-state index contributed by atoms with van der Waals surface area (Å²) in [5.41, 5.74) is 1.50. The van der Waals surface area contributed by atoms with Crippen molar-refractivity contribution in [3.63, 3.8) is 0 Å². The Kier molecular flexibility index (Phi) is 6.74. The van der Waals surface area contributed by atoms with Gasteiger partial charge in [0.15, 0.2) is 5.82 Å². The zero-order valence-electron chi connectivity index (χ0n) is 20.8. The number of nitrogens with one attached hydrogen (secondary N) is 1. The number of nitrogens with zero attached hydrogens (tertiary/aromatic N) is 6. The van der Waals surface area contributed by atoms with Gasteiger partial charge in [0.05, 0.1) is 23.7 Å². The third-order valence-corrected chi connectivity index (χ3v) is 6.73. The first kappa shape index (κ1) is 26.2. The quantitative estimate of drug-likeness (QED) is 0.306. The van der Waals surface area contributed by atoms with Crippen LogP contribution in [0.3, 0.4) is 0 Å². The van der Waals surface area contributed by atoms with E-state index in [1.165, 1.54) is 17.3 Å². The maximum absolute atomic E-state index is 13.9. The molecule has 4 aromatic rings. The fraction of sp³-hybridized carbons (Fsp3) is 0.222. The van der Waals surface area contributed by atoms with E-state index in [0.29, 0.717) is 40.4 Å². The lowest BCUT2D eigenvalue weighted by Gasteiger charge is -2.19. The van der Waals surface area contributed by atoms with E-state index in [-0.39, 0.29) is 34.9 Å². The number of aryl methyl sites for hydroxylation is 1. The molecule has 0 fully saturated rings. The fourth-order valence-electron chi connectivity index (χ4n) is 4.64. The van der Waals surface area contributed by atoms with E-state index in [1.54, 1.807) is 41.9 Å². The average Bonchev–Trinajstić information content (AvgIpc) is 3.49. The van der Waals surface area contributed by atoms with Crippen LogP contribution in [-0.4, -0.2) is 32.2 Å². The monoisotopic (exact) mass is 551 g/mol. The van der Waals surface area contributed by atoms with Crippen LogP contribution in [0.15, 0.2) is 48.8 Å². The van der Waals surface area contributed by atoms with Crippen LogP contribution in [0.5, 0.6) is 0 Å². The van der Waals surface area contributed by atoms with Gasteiger partial charge in [-0.3, -0.25) is 9.69 Å². The minimum Gasteiger partial charge on any atom is -0.370 e. The van der Waals surface area contributed by atoms with Crippen molar-refractivity contribution in [3.05, 3.63) is 76.6 Å². The van der Waals surface area contributed by atoms with Gasteiger partial charge < -0.3 is 9.88 Å². The van der Waals surface area contributed by atoms with E-state index in [0.717, 1.165) is 6.07 Å². The third kappa shape index (κ3) is 4.79. The molecule has 1 N–H and O–H groups in total. The number of anilines is 2. The zero-order chi connectivity index (χ0) is 27.9. The summed E-state index contributed by atoms with van der Waals surface area (Å²) in [6.07, 6.45) is -3.12. The lowest BCUT2D eigenvalue weighted by molar-refractivity contribution is -0.138. The Morgan fingerprint density at radius 3 is 2.56 bits per heavy atom. The first-order valence-electron chi connectivity index (χ1n) is 11.9. The molecule has 3 heterocycles. The largest absolute Gasteiger partial charge is 0.416 e. The Morgan fingerprint density at radius 2 is 1.92 bits per heavy atom. The van der Waals surface area contributed by atoms with E-state index in [2.05, 4.69) is 26.6 Å². The lowest BCUT2D eigenvalue weighted by Crippen LogP contribution is -2.24. The predicted octanol–water partition coefficient (Wildman–Crippen LogP) is 5.77. The highest BCUT2D eigenvalue weighted by molar-refractivity contribution is 6.17. The minimum atomic E-state index is -4.65. The van der Waals surface area contributed by atoms with Crippen molar-refractivity contribution in [2.75, 3.05) is 16.8 Å². The summed E-state index contributed by atoms with van der Waals surface area (Å²) in [5.74, 6) is 0.366. The van der Waals surface area contributed by atoms with Crippen molar-refractivity contribution in [2.45, 2.75) is 25.5 Å². The summed E-state index contributed by atoms with van der Waals surface area (Å²) in [5, 5.41) is 20.7. The summed E-state index contributed by atoms with van der Waals surface area (Å²) >= 11 is 5.84. The molecule has 5 rings (SSSR count). The molecule has 198 valence electrons. The number of fused-ring (bicyclic) bond motifs is 1. The van der Waals surface area contributed by atoms with E-state index >= 15 is 0 Å². The van der Waals surface area contributed by atoms with Crippen LogP contribution in [0.1, 0.15) is 39.5 Å². The van der Waals surface area contributed by atoms with Gasteiger partial charge in [0.2, 0.25) is 0 Å². The van der Waals surface area contributed by atoms with Gasteiger partial charge in [-0.05, 0) is 65.6 Å². The molecule has 0 aliphatic carbocycles. The molecule has 1 aliphatic rings. The third-order valence-electron chi connectivity index (χ3n) is 6.42. The van der Waals surface area contributed by atoms with Gasteiger partial charge in [0.1, 0.15) is 18.0 Å². The summed E-state index contributed by atoms with van der Waals surface area (Å²) in [7, 11) is 1.77. The number of hydrogen-bond acceptors (Lipinski definition) is 6. The number of carbonyl (C=O) groups excluding carboxylic acids is 1. The van der Waals surface area contributed by atoms with Crippen LogP contribution in [0.2, 0.25) is 0 Å². The number of alkyl halides is 4. The average molecular weight is 552 g/mol. The predicted molar refractivity (Wildman–Crippen MR) is 140 cm³/mol. The standard InChI is InChI=1S/C27H21ClF3N7O/c1-3-33-23-9-17(18-5-4-15(12-32)6-19(18)25-36-34-14-37(25)2)10-24(35-23)38-13-21-20(26(38)39)7-16(11-28)8-22(21)27(29,30)31/h4-10,14H,3,11,13H2,1-2H3,(H,33,35). The first-order chi connectivity index (χ1) is 18.6. The first-order valence-corrected chi connectivity index (χ1v) is 12.4. The maximum Gasteiger partial charge on any atom is 0.416 e. The normalized spacial score (nSPS) is 12.9. The summed E-state index contributed by atoms with van der Waals surface area (Å²) < 4.78 is 43.4. The van der Waals surface area contributed by atoms with Crippen LogP contribution >= 0.6 is 11.6 Å². The molecule has 0 atom stereocenters. The molecule has 0 bridgehead atoms. The number of carbonyl (C=O) groups is 1. The van der Waals surface area contributed by atoms with E-state index in [4.69, 9.17) is 11.6 Å². The van der Waals surface area contributed by atoms with Crippen molar-refractivity contribution < 1.29 is 18.0 Å². The van der Waals surface area contributed by atoms with E-state index in [1.807, 2.05) is 6.92 Å². The summed E-state index contributed by atoms with van der Waals surface area (Å²) in [6, 6.07) is 13.0. The number of hydrogen-bond donors (Lipinski definition) is 1. The fourth-order valence-corrected chi connectivity index (χ4v) is 4.80. The number of pyridine rings is 1. The molecule has 2 aromatic heterocycles. The van der Waals surface area contributed by atoms with Gasteiger partial charge in [-0.2, -0.15) is 18.4 Å². The number of amides is 1. The van der Waals surface area contributed by atoms with Crippen LogP contribution in [0, 0.1) is 11.3 Å². The summed E-state index contributed by atoms with van der Waals surface area (Å²) in [4.78, 5) is 19.2. The molecule has 0 saturated carbocycles. The van der Waals surface area contributed by atoms with Gasteiger partial charge in [-0.15, -0.1) is 21.8 Å². The number of halogens is 4. The smallest absolute Gasteiger partial charge is 0.370 e. The van der Waals surface area contributed by atoms with Gasteiger partial charge in [0.25, 0.3) is 5.91 Å². The Morgan fingerprint density at radius 1 is 1.13 bits per heavy atom. The highest BCUT2D eigenvalue weighted by Crippen LogP contribution is 2.41. The molecular formula is C27H21ClF3N7O. The van der Waals surface area contributed by atoms with Crippen LogP contribution in [0.4, 0.5) is 24.8 Å². The van der Waals surface area contributed by atoms with E-state index < -0.39 is 17.6 Å². The number of rotatable bonds is 6. The number of benzene rings is 2. The Labute approximate surface area is 226 Å². The minimum absolute atomic E-state index is 0.0455. The van der Waals surface area contributed by atoms with Crippen LogP contribution in [0.25, 0.3) is 22.5 Å². The maximum atomic E-state index is 13.9. The van der Waals surface area contributed by atoms with Crippen LogP contribution < -0.4 is 10.2 Å². The molecule has 12 heteroatoms. The van der Waals surface area contributed by atoms with Gasteiger partial charge in [0, 0.05) is 30.6 Å². The number of nitriles is 1. The molecule has 0 unspecified atom stereocenters. The molecule has 8 nitrogen and oxygen atoms in total.